The Morgan fingerprint density at radius 1 is 1.30 bits per heavy atom. The van der Waals surface area contributed by atoms with Gasteiger partial charge in [0, 0.05) is 24.5 Å². The second kappa shape index (κ2) is 6.19. The third kappa shape index (κ3) is 3.15. The van der Waals surface area contributed by atoms with Crippen molar-refractivity contribution in [1.82, 2.24) is 10.3 Å². The quantitative estimate of drug-likeness (QED) is 0.929. The number of methoxy groups -OCH3 is 1. The number of amides is 1. The molecule has 20 heavy (non-hydrogen) atoms. The lowest BCUT2D eigenvalue weighted by molar-refractivity contribution is 0.0950. The number of benzene rings is 1. The van der Waals surface area contributed by atoms with Crippen molar-refractivity contribution in [3.63, 3.8) is 0 Å². The number of ether oxygens (including phenoxy) is 1. The molecule has 0 aliphatic rings. The zero-order chi connectivity index (χ0) is 14.5. The van der Waals surface area contributed by atoms with E-state index in [4.69, 9.17) is 4.74 Å². The first kappa shape index (κ1) is 14.1. The Morgan fingerprint density at radius 2 is 2.10 bits per heavy atom. The predicted molar refractivity (Wildman–Crippen MR) is 77.9 cm³/mol. The molecule has 0 aliphatic heterocycles. The second-order valence-electron chi connectivity index (χ2n) is 4.68. The molecule has 1 aromatic heterocycles. The number of hydrogen-bond acceptors (Lipinski definition) is 3. The summed E-state index contributed by atoms with van der Waals surface area (Å²) in [5.74, 6) is 0.711. The van der Waals surface area contributed by atoms with Gasteiger partial charge < -0.3 is 10.1 Å². The minimum atomic E-state index is -0.0860. The smallest absolute Gasteiger partial charge is 0.251 e. The van der Waals surface area contributed by atoms with Crippen LogP contribution in [0.25, 0.3) is 0 Å². The van der Waals surface area contributed by atoms with Crippen molar-refractivity contribution >= 4 is 5.91 Å². The third-order valence-corrected chi connectivity index (χ3v) is 3.16. The van der Waals surface area contributed by atoms with E-state index in [1.807, 2.05) is 38.1 Å². The van der Waals surface area contributed by atoms with E-state index in [2.05, 4.69) is 10.3 Å². The molecular weight excluding hydrogens is 252 g/mol. The van der Waals surface area contributed by atoms with Gasteiger partial charge in [-0.1, -0.05) is 6.07 Å². The molecule has 2 rings (SSSR count). The van der Waals surface area contributed by atoms with Gasteiger partial charge in [0.15, 0.2) is 0 Å². The molecule has 2 aromatic rings. The van der Waals surface area contributed by atoms with Gasteiger partial charge in [0.2, 0.25) is 0 Å². The van der Waals surface area contributed by atoms with Gasteiger partial charge in [-0.25, -0.2) is 0 Å². The fourth-order valence-corrected chi connectivity index (χ4v) is 2.03. The number of aromatic nitrogens is 1. The van der Waals surface area contributed by atoms with Gasteiger partial charge in [0.05, 0.1) is 7.11 Å². The molecule has 104 valence electrons. The summed E-state index contributed by atoms with van der Waals surface area (Å²) in [6.45, 7) is 4.30. The topological polar surface area (TPSA) is 51.2 Å². The van der Waals surface area contributed by atoms with Crippen LogP contribution in [-0.2, 0) is 6.54 Å². The molecule has 0 saturated carbocycles. The molecule has 0 bridgehead atoms. The van der Waals surface area contributed by atoms with E-state index < -0.39 is 0 Å². The van der Waals surface area contributed by atoms with Crippen LogP contribution in [0.15, 0.2) is 36.7 Å². The Morgan fingerprint density at radius 3 is 2.75 bits per heavy atom. The van der Waals surface area contributed by atoms with Crippen molar-refractivity contribution in [3.05, 3.63) is 58.9 Å². The zero-order valence-corrected chi connectivity index (χ0v) is 11.9. The molecule has 0 spiro atoms. The van der Waals surface area contributed by atoms with E-state index in [1.165, 1.54) is 0 Å². The molecule has 0 radical (unpaired) electrons. The van der Waals surface area contributed by atoms with Crippen molar-refractivity contribution in [2.24, 2.45) is 0 Å². The monoisotopic (exact) mass is 270 g/mol. The number of carbonyl (C=O) groups is 1. The molecule has 1 heterocycles. The van der Waals surface area contributed by atoms with Gasteiger partial charge in [-0.3, -0.25) is 9.78 Å². The molecule has 1 amide bonds. The largest absolute Gasteiger partial charge is 0.496 e. The number of aryl methyl sites for hydroxylation is 2. The van der Waals surface area contributed by atoms with Crippen LogP contribution in [-0.4, -0.2) is 18.0 Å². The lowest BCUT2D eigenvalue weighted by Gasteiger charge is -2.11. The summed E-state index contributed by atoms with van der Waals surface area (Å²) in [6.07, 6.45) is 3.45. The lowest BCUT2D eigenvalue weighted by atomic mass is 10.0. The van der Waals surface area contributed by atoms with E-state index in [1.54, 1.807) is 19.5 Å². The highest BCUT2D eigenvalue weighted by Crippen LogP contribution is 2.22. The summed E-state index contributed by atoms with van der Waals surface area (Å²) in [4.78, 5) is 16.2. The summed E-state index contributed by atoms with van der Waals surface area (Å²) in [5, 5.41) is 2.90. The Kier molecular flexibility index (Phi) is 4.35. The minimum Gasteiger partial charge on any atom is -0.496 e. The van der Waals surface area contributed by atoms with Crippen molar-refractivity contribution in [1.29, 1.82) is 0 Å². The van der Waals surface area contributed by atoms with Crippen molar-refractivity contribution in [3.8, 4) is 5.75 Å². The highest BCUT2D eigenvalue weighted by atomic mass is 16.5. The van der Waals surface area contributed by atoms with Crippen molar-refractivity contribution in [2.75, 3.05) is 7.11 Å². The minimum absolute atomic E-state index is 0.0860. The van der Waals surface area contributed by atoms with Crippen LogP contribution in [0.4, 0.5) is 0 Å². The third-order valence-electron chi connectivity index (χ3n) is 3.16. The van der Waals surface area contributed by atoms with Gasteiger partial charge >= 0.3 is 0 Å². The standard InChI is InChI=1S/C16H18N2O2/c1-11-8-15(20-3)12(2)7-14(11)16(19)18-10-13-5-4-6-17-9-13/h4-9H,10H2,1-3H3,(H,18,19). The maximum absolute atomic E-state index is 12.2. The van der Waals surface area contributed by atoms with Crippen LogP contribution in [0.2, 0.25) is 0 Å². The first-order valence-corrected chi connectivity index (χ1v) is 6.44. The van der Waals surface area contributed by atoms with Gasteiger partial charge in [0.1, 0.15) is 5.75 Å². The first-order valence-electron chi connectivity index (χ1n) is 6.44. The maximum atomic E-state index is 12.2. The molecule has 0 unspecified atom stereocenters. The highest BCUT2D eigenvalue weighted by molar-refractivity contribution is 5.96. The Bertz CT molecular complexity index is 609. The molecule has 0 saturated heterocycles. The fourth-order valence-electron chi connectivity index (χ4n) is 2.03. The van der Waals surface area contributed by atoms with Crippen LogP contribution in [0.5, 0.6) is 5.75 Å². The van der Waals surface area contributed by atoms with E-state index >= 15 is 0 Å². The van der Waals surface area contributed by atoms with Gasteiger partial charge in [-0.2, -0.15) is 0 Å². The molecule has 4 heteroatoms. The van der Waals surface area contributed by atoms with E-state index in [9.17, 15) is 4.79 Å². The number of hydrogen-bond donors (Lipinski definition) is 1. The molecule has 0 fully saturated rings. The Balaban J connectivity index is 2.11. The summed E-state index contributed by atoms with van der Waals surface area (Å²) >= 11 is 0. The van der Waals surface area contributed by atoms with Crippen LogP contribution in [0.1, 0.15) is 27.0 Å². The number of nitrogens with zero attached hydrogens (tertiary/aromatic N) is 1. The van der Waals surface area contributed by atoms with E-state index in [-0.39, 0.29) is 5.91 Å². The lowest BCUT2D eigenvalue weighted by Crippen LogP contribution is -2.23. The van der Waals surface area contributed by atoms with Gasteiger partial charge in [-0.05, 0) is 48.7 Å². The number of pyridine rings is 1. The Labute approximate surface area is 118 Å². The fraction of sp³-hybridized carbons (Fsp3) is 0.250. The maximum Gasteiger partial charge on any atom is 0.251 e. The molecule has 0 aliphatic carbocycles. The molecule has 1 aromatic carbocycles. The summed E-state index contributed by atoms with van der Waals surface area (Å²) in [6, 6.07) is 7.52. The summed E-state index contributed by atoms with van der Waals surface area (Å²) in [7, 11) is 1.63. The van der Waals surface area contributed by atoms with Crippen molar-refractivity contribution in [2.45, 2.75) is 20.4 Å². The normalized spacial score (nSPS) is 10.2. The number of rotatable bonds is 4. The van der Waals surface area contributed by atoms with Crippen LogP contribution in [0.3, 0.4) is 0 Å². The molecular formula is C16H18N2O2. The number of nitrogens with one attached hydrogen (secondary N) is 1. The zero-order valence-electron chi connectivity index (χ0n) is 11.9. The SMILES string of the molecule is COc1cc(C)c(C(=O)NCc2cccnc2)cc1C. The molecule has 4 nitrogen and oxygen atoms in total. The summed E-state index contributed by atoms with van der Waals surface area (Å²) < 4.78 is 5.25. The average molecular weight is 270 g/mol. The van der Waals surface area contributed by atoms with Crippen molar-refractivity contribution < 1.29 is 9.53 Å². The van der Waals surface area contributed by atoms with E-state index in [0.717, 1.165) is 22.4 Å². The first-order chi connectivity index (χ1) is 9.61. The second-order valence-corrected chi connectivity index (χ2v) is 4.68. The molecule has 1 N–H and O–H groups in total. The highest BCUT2D eigenvalue weighted by Gasteiger charge is 2.11. The summed E-state index contributed by atoms with van der Waals surface area (Å²) in [5.41, 5.74) is 3.50. The predicted octanol–water partition coefficient (Wildman–Crippen LogP) is 2.64. The Hall–Kier alpha value is -2.36. The van der Waals surface area contributed by atoms with Gasteiger partial charge in [0.25, 0.3) is 5.91 Å². The molecule has 0 atom stereocenters. The van der Waals surface area contributed by atoms with Gasteiger partial charge in [-0.15, -0.1) is 0 Å². The van der Waals surface area contributed by atoms with Crippen LogP contribution < -0.4 is 10.1 Å². The van der Waals surface area contributed by atoms with E-state index in [0.29, 0.717) is 12.1 Å². The van der Waals surface area contributed by atoms with Crippen LogP contribution in [0, 0.1) is 13.8 Å². The van der Waals surface area contributed by atoms with Crippen LogP contribution >= 0.6 is 0 Å². The average Bonchev–Trinajstić information content (AvgIpc) is 2.47. The number of carbonyl (C=O) groups excluding carboxylic acids is 1.